The number of benzene rings is 1. The highest BCUT2D eigenvalue weighted by atomic mass is 79.9. The molecular weight excluding hydrogens is 340 g/mol. The maximum absolute atomic E-state index is 3.53. The Kier molecular flexibility index (Phi) is 9.48. The van der Waals surface area contributed by atoms with Crippen molar-refractivity contribution in [3.63, 3.8) is 0 Å². The molecule has 0 amide bonds. The standard InChI is InChI=1S/C17H31BrN2Si/c1-19(2)11-5-13-21(14-6-12-20(3)4)15-16-7-9-17(18)10-8-16/h7-10,21H,5-6,11-15H2,1-4H3. The fourth-order valence-corrected chi connectivity index (χ4v) is 6.11. The fraction of sp³-hybridized carbons (Fsp3) is 0.647. The third-order valence-electron chi connectivity index (χ3n) is 3.87. The maximum Gasteiger partial charge on any atom is 0.0414 e. The number of halogens is 1. The minimum absolute atomic E-state index is 0.663. The average Bonchev–Trinajstić information content (AvgIpc) is 2.40. The van der Waals surface area contributed by atoms with E-state index < -0.39 is 8.80 Å². The summed E-state index contributed by atoms with van der Waals surface area (Å²) in [4.78, 5) is 4.62. The van der Waals surface area contributed by atoms with Crippen LogP contribution in [-0.4, -0.2) is 59.9 Å². The van der Waals surface area contributed by atoms with E-state index in [1.54, 1.807) is 0 Å². The van der Waals surface area contributed by atoms with Crippen molar-refractivity contribution in [2.75, 3.05) is 41.3 Å². The van der Waals surface area contributed by atoms with Crippen molar-refractivity contribution >= 4 is 24.7 Å². The van der Waals surface area contributed by atoms with E-state index in [0.29, 0.717) is 0 Å². The SMILES string of the molecule is CN(C)CCC[SiH](CCCN(C)C)Cc1ccc(Br)cc1. The molecule has 0 bridgehead atoms. The van der Waals surface area contributed by atoms with E-state index in [-0.39, 0.29) is 0 Å². The largest absolute Gasteiger partial charge is 0.309 e. The fourth-order valence-electron chi connectivity index (χ4n) is 2.69. The van der Waals surface area contributed by atoms with Crippen molar-refractivity contribution in [3.8, 4) is 0 Å². The van der Waals surface area contributed by atoms with E-state index in [1.165, 1.54) is 54.1 Å². The summed E-state index contributed by atoms with van der Waals surface area (Å²) in [6.45, 7) is 2.47. The van der Waals surface area contributed by atoms with Gasteiger partial charge in [0.05, 0.1) is 0 Å². The van der Waals surface area contributed by atoms with Gasteiger partial charge in [0.2, 0.25) is 0 Å². The second-order valence-electron chi connectivity index (χ2n) is 6.59. The van der Waals surface area contributed by atoms with Gasteiger partial charge in [0.1, 0.15) is 0 Å². The van der Waals surface area contributed by atoms with E-state index in [0.717, 1.165) is 0 Å². The topological polar surface area (TPSA) is 6.48 Å². The summed E-state index contributed by atoms with van der Waals surface area (Å²) in [6, 6.07) is 13.3. The molecule has 0 heterocycles. The summed E-state index contributed by atoms with van der Waals surface area (Å²) >= 11 is 3.53. The van der Waals surface area contributed by atoms with Gasteiger partial charge in [-0.1, -0.05) is 45.7 Å². The van der Waals surface area contributed by atoms with E-state index in [4.69, 9.17) is 0 Å². The molecule has 0 fully saturated rings. The number of nitrogens with zero attached hydrogens (tertiary/aromatic N) is 2. The number of hydrogen-bond acceptors (Lipinski definition) is 2. The van der Waals surface area contributed by atoms with Gasteiger partial charge < -0.3 is 9.80 Å². The quantitative estimate of drug-likeness (QED) is 0.579. The van der Waals surface area contributed by atoms with Crippen LogP contribution in [0.5, 0.6) is 0 Å². The van der Waals surface area contributed by atoms with Crippen LogP contribution < -0.4 is 0 Å². The zero-order valence-corrected chi connectivity index (χ0v) is 16.8. The van der Waals surface area contributed by atoms with Crippen molar-refractivity contribution in [1.29, 1.82) is 0 Å². The Balaban J connectivity index is 2.47. The van der Waals surface area contributed by atoms with E-state index in [2.05, 4.69) is 78.2 Å². The highest BCUT2D eigenvalue weighted by Crippen LogP contribution is 2.16. The van der Waals surface area contributed by atoms with Crippen LogP contribution >= 0.6 is 15.9 Å². The molecule has 0 radical (unpaired) electrons. The van der Waals surface area contributed by atoms with Crippen molar-refractivity contribution < 1.29 is 0 Å². The summed E-state index contributed by atoms with van der Waals surface area (Å²) < 4.78 is 1.18. The van der Waals surface area contributed by atoms with Gasteiger partial charge in [-0.25, -0.2) is 0 Å². The molecule has 0 saturated heterocycles. The molecular formula is C17H31BrN2Si. The molecule has 0 spiro atoms. The first kappa shape index (κ1) is 18.9. The molecule has 120 valence electrons. The molecule has 0 N–H and O–H groups in total. The first-order valence-corrected chi connectivity index (χ1v) is 11.3. The Morgan fingerprint density at radius 1 is 0.857 bits per heavy atom. The van der Waals surface area contributed by atoms with Crippen LogP contribution in [0.3, 0.4) is 0 Å². The Morgan fingerprint density at radius 2 is 1.33 bits per heavy atom. The molecule has 0 aliphatic rings. The van der Waals surface area contributed by atoms with Gasteiger partial charge >= 0.3 is 0 Å². The second kappa shape index (κ2) is 10.5. The van der Waals surface area contributed by atoms with E-state index >= 15 is 0 Å². The van der Waals surface area contributed by atoms with Crippen LogP contribution in [-0.2, 0) is 6.04 Å². The summed E-state index contributed by atoms with van der Waals surface area (Å²) in [5.74, 6) is 0. The molecule has 0 saturated carbocycles. The Hall–Kier alpha value is -0.163. The molecule has 1 aromatic carbocycles. The minimum Gasteiger partial charge on any atom is -0.309 e. The van der Waals surface area contributed by atoms with Gasteiger partial charge in [-0.3, -0.25) is 0 Å². The highest BCUT2D eigenvalue weighted by molar-refractivity contribution is 9.10. The van der Waals surface area contributed by atoms with Gasteiger partial charge in [-0.05, 0) is 72.3 Å². The molecule has 2 nitrogen and oxygen atoms in total. The molecule has 1 rings (SSSR count). The van der Waals surface area contributed by atoms with Crippen LogP contribution in [0.2, 0.25) is 12.1 Å². The number of hydrogen-bond donors (Lipinski definition) is 0. The van der Waals surface area contributed by atoms with Gasteiger partial charge in [0.25, 0.3) is 0 Å². The lowest BCUT2D eigenvalue weighted by Gasteiger charge is -2.18. The third kappa shape index (κ3) is 9.45. The summed E-state index contributed by atoms with van der Waals surface area (Å²) in [5.41, 5.74) is 1.53. The van der Waals surface area contributed by atoms with Crippen LogP contribution in [0, 0.1) is 0 Å². The average molecular weight is 371 g/mol. The monoisotopic (exact) mass is 370 g/mol. The first-order valence-electron chi connectivity index (χ1n) is 8.01. The predicted molar refractivity (Wildman–Crippen MR) is 101 cm³/mol. The minimum atomic E-state index is -0.663. The van der Waals surface area contributed by atoms with Crippen LogP contribution in [0.25, 0.3) is 0 Å². The molecule has 1 aromatic rings. The van der Waals surface area contributed by atoms with E-state index in [1.807, 2.05) is 0 Å². The Bertz CT molecular complexity index is 365. The molecule has 0 unspecified atom stereocenters. The summed E-state index contributed by atoms with van der Waals surface area (Å²) in [7, 11) is 8.05. The van der Waals surface area contributed by atoms with Crippen LogP contribution in [0.4, 0.5) is 0 Å². The van der Waals surface area contributed by atoms with Crippen molar-refractivity contribution in [2.24, 2.45) is 0 Å². The van der Waals surface area contributed by atoms with Gasteiger partial charge in [0, 0.05) is 13.3 Å². The molecule has 4 heteroatoms. The second-order valence-corrected chi connectivity index (χ2v) is 10.8. The zero-order valence-electron chi connectivity index (χ0n) is 14.1. The summed E-state index contributed by atoms with van der Waals surface area (Å²) in [5, 5.41) is 0. The third-order valence-corrected chi connectivity index (χ3v) is 7.90. The Labute approximate surface area is 141 Å². The lowest BCUT2D eigenvalue weighted by molar-refractivity contribution is 0.404. The van der Waals surface area contributed by atoms with Crippen molar-refractivity contribution in [3.05, 3.63) is 34.3 Å². The van der Waals surface area contributed by atoms with Gasteiger partial charge in [-0.15, -0.1) is 0 Å². The smallest absolute Gasteiger partial charge is 0.0414 e. The first-order chi connectivity index (χ1) is 9.97. The maximum atomic E-state index is 3.53. The summed E-state index contributed by atoms with van der Waals surface area (Å²) in [6.07, 6.45) is 2.73. The molecule has 0 atom stereocenters. The molecule has 21 heavy (non-hydrogen) atoms. The lowest BCUT2D eigenvalue weighted by atomic mass is 10.2. The van der Waals surface area contributed by atoms with E-state index in [9.17, 15) is 0 Å². The lowest BCUT2D eigenvalue weighted by Crippen LogP contribution is -2.22. The van der Waals surface area contributed by atoms with Crippen LogP contribution in [0.1, 0.15) is 18.4 Å². The Morgan fingerprint density at radius 3 is 1.76 bits per heavy atom. The highest BCUT2D eigenvalue weighted by Gasteiger charge is 2.12. The molecule has 0 aliphatic heterocycles. The van der Waals surface area contributed by atoms with Crippen molar-refractivity contribution in [1.82, 2.24) is 9.80 Å². The number of rotatable bonds is 10. The van der Waals surface area contributed by atoms with Gasteiger partial charge in [-0.2, -0.15) is 0 Å². The normalized spacial score (nSPS) is 11.8. The van der Waals surface area contributed by atoms with Gasteiger partial charge in [0.15, 0.2) is 0 Å². The van der Waals surface area contributed by atoms with Crippen molar-refractivity contribution in [2.45, 2.75) is 31.0 Å². The predicted octanol–water partition coefficient (Wildman–Crippen LogP) is 3.66. The zero-order chi connectivity index (χ0) is 15.7. The molecule has 0 aliphatic carbocycles. The molecule has 0 aromatic heterocycles. The van der Waals surface area contributed by atoms with Crippen LogP contribution in [0.15, 0.2) is 28.7 Å².